The molecule has 88 valence electrons. The van der Waals surface area contributed by atoms with E-state index in [1.54, 1.807) is 0 Å². The van der Waals surface area contributed by atoms with Crippen LogP contribution in [-0.4, -0.2) is 13.1 Å². The lowest BCUT2D eigenvalue weighted by Gasteiger charge is -2.48. The Bertz CT molecular complexity index is 359. The van der Waals surface area contributed by atoms with Crippen LogP contribution in [0.25, 0.3) is 0 Å². The average molecular weight is 218 g/mol. The summed E-state index contributed by atoms with van der Waals surface area (Å²) in [7, 11) is 0. The maximum absolute atomic E-state index is 5.76. The Labute approximate surface area is 98.4 Å². The predicted molar refractivity (Wildman–Crippen MR) is 69.5 cm³/mol. The summed E-state index contributed by atoms with van der Waals surface area (Å²) in [5.74, 6) is 0.804. The maximum Gasteiger partial charge on any atom is 0.0411 e. The summed E-state index contributed by atoms with van der Waals surface area (Å²) in [6, 6.07) is 8.46. The molecule has 1 aliphatic heterocycles. The smallest absolute Gasteiger partial charge is 0.0411 e. The van der Waals surface area contributed by atoms with E-state index in [0.29, 0.717) is 12.0 Å². The number of nitrogens with zero attached hydrogens (tertiary/aromatic N) is 1. The van der Waals surface area contributed by atoms with Crippen LogP contribution in [0.3, 0.4) is 0 Å². The number of para-hydroxylation sites is 1. The van der Waals surface area contributed by atoms with E-state index < -0.39 is 0 Å². The zero-order chi connectivity index (χ0) is 11.8. The Morgan fingerprint density at radius 2 is 1.88 bits per heavy atom. The van der Waals surface area contributed by atoms with E-state index in [0.717, 1.165) is 5.92 Å². The summed E-state index contributed by atoms with van der Waals surface area (Å²) in [5.41, 5.74) is 8.77. The largest absolute Gasteiger partial charge is 0.371 e. The molecule has 0 spiro atoms. The topological polar surface area (TPSA) is 29.3 Å². The van der Waals surface area contributed by atoms with Gasteiger partial charge in [0.25, 0.3) is 0 Å². The van der Waals surface area contributed by atoms with E-state index in [-0.39, 0.29) is 0 Å². The number of anilines is 1. The predicted octanol–water partition coefficient (Wildman–Crippen LogP) is 2.63. The van der Waals surface area contributed by atoms with E-state index in [1.807, 2.05) is 0 Å². The van der Waals surface area contributed by atoms with Crippen molar-refractivity contribution in [3.63, 3.8) is 0 Å². The van der Waals surface area contributed by atoms with Gasteiger partial charge in [-0.05, 0) is 23.0 Å². The standard InChI is InChI=1S/C14H22N2/c1-14(2,3)12-9-16(10-12)13-7-5-4-6-11(13)8-15/h4-7,12H,8-10,15H2,1-3H3. The number of hydrogen-bond acceptors (Lipinski definition) is 2. The fourth-order valence-electron chi connectivity index (χ4n) is 2.21. The molecule has 0 amide bonds. The third-order valence-corrected chi connectivity index (χ3v) is 3.66. The molecule has 0 aliphatic carbocycles. The molecule has 0 radical (unpaired) electrons. The Morgan fingerprint density at radius 1 is 1.25 bits per heavy atom. The lowest BCUT2D eigenvalue weighted by molar-refractivity contribution is 0.195. The number of hydrogen-bond donors (Lipinski definition) is 1. The molecule has 2 heteroatoms. The van der Waals surface area contributed by atoms with Gasteiger partial charge in [0, 0.05) is 25.3 Å². The molecule has 2 rings (SSSR count). The SMILES string of the molecule is CC(C)(C)C1CN(c2ccccc2CN)C1. The van der Waals surface area contributed by atoms with Crippen molar-refractivity contribution in [2.24, 2.45) is 17.1 Å². The lowest BCUT2D eigenvalue weighted by atomic mass is 9.75. The first-order chi connectivity index (χ1) is 7.52. The van der Waals surface area contributed by atoms with Crippen molar-refractivity contribution in [3.05, 3.63) is 29.8 Å². The van der Waals surface area contributed by atoms with Gasteiger partial charge in [-0.3, -0.25) is 0 Å². The van der Waals surface area contributed by atoms with Crippen LogP contribution in [0.2, 0.25) is 0 Å². The van der Waals surface area contributed by atoms with Crippen molar-refractivity contribution in [1.82, 2.24) is 0 Å². The van der Waals surface area contributed by atoms with Crippen LogP contribution >= 0.6 is 0 Å². The highest BCUT2D eigenvalue weighted by Crippen LogP contribution is 2.37. The summed E-state index contributed by atoms with van der Waals surface area (Å²) in [6.45, 7) is 9.94. The summed E-state index contributed by atoms with van der Waals surface area (Å²) < 4.78 is 0. The Kier molecular flexibility index (Phi) is 2.94. The molecule has 16 heavy (non-hydrogen) atoms. The number of rotatable bonds is 2. The first-order valence-corrected chi connectivity index (χ1v) is 6.05. The molecular weight excluding hydrogens is 196 g/mol. The van der Waals surface area contributed by atoms with Gasteiger partial charge in [0.1, 0.15) is 0 Å². The second-order valence-corrected chi connectivity index (χ2v) is 5.80. The molecule has 1 heterocycles. The maximum atomic E-state index is 5.76. The van der Waals surface area contributed by atoms with Crippen LogP contribution in [0.5, 0.6) is 0 Å². The zero-order valence-corrected chi connectivity index (χ0v) is 10.5. The number of nitrogens with two attached hydrogens (primary N) is 1. The third kappa shape index (κ3) is 2.07. The van der Waals surface area contributed by atoms with Gasteiger partial charge in [-0.25, -0.2) is 0 Å². The van der Waals surface area contributed by atoms with Gasteiger partial charge in [0.15, 0.2) is 0 Å². The summed E-state index contributed by atoms with van der Waals surface area (Å²) in [4.78, 5) is 2.44. The van der Waals surface area contributed by atoms with Crippen LogP contribution in [0.1, 0.15) is 26.3 Å². The molecular formula is C14H22N2. The Morgan fingerprint density at radius 3 is 2.44 bits per heavy atom. The van der Waals surface area contributed by atoms with E-state index in [1.165, 1.54) is 24.3 Å². The summed E-state index contributed by atoms with van der Waals surface area (Å²) in [6.07, 6.45) is 0. The van der Waals surface area contributed by atoms with E-state index in [9.17, 15) is 0 Å². The molecule has 1 aromatic carbocycles. The van der Waals surface area contributed by atoms with Gasteiger partial charge in [-0.2, -0.15) is 0 Å². The van der Waals surface area contributed by atoms with Gasteiger partial charge < -0.3 is 10.6 Å². The molecule has 0 aromatic heterocycles. The van der Waals surface area contributed by atoms with Crippen LogP contribution in [0.4, 0.5) is 5.69 Å². The van der Waals surface area contributed by atoms with Crippen LogP contribution in [0, 0.1) is 11.3 Å². The minimum atomic E-state index is 0.425. The molecule has 2 nitrogen and oxygen atoms in total. The monoisotopic (exact) mass is 218 g/mol. The molecule has 1 fully saturated rings. The second kappa shape index (κ2) is 4.10. The first kappa shape index (κ1) is 11.5. The Hall–Kier alpha value is -1.02. The fraction of sp³-hybridized carbons (Fsp3) is 0.571. The van der Waals surface area contributed by atoms with Gasteiger partial charge in [-0.1, -0.05) is 39.0 Å². The Balaban J connectivity index is 2.07. The average Bonchev–Trinajstić information content (AvgIpc) is 2.14. The molecule has 1 aromatic rings. The minimum Gasteiger partial charge on any atom is -0.371 e. The van der Waals surface area contributed by atoms with Crippen LogP contribution in [0.15, 0.2) is 24.3 Å². The van der Waals surface area contributed by atoms with Crippen molar-refractivity contribution in [2.75, 3.05) is 18.0 Å². The van der Waals surface area contributed by atoms with Gasteiger partial charge in [-0.15, -0.1) is 0 Å². The van der Waals surface area contributed by atoms with E-state index in [2.05, 4.69) is 49.9 Å². The van der Waals surface area contributed by atoms with Crippen LogP contribution < -0.4 is 10.6 Å². The van der Waals surface area contributed by atoms with Crippen molar-refractivity contribution < 1.29 is 0 Å². The molecule has 0 saturated carbocycles. The van der Waals surface area contributed by atoms with E-state index in [4.69, 9.17) is 5.73 Å². The quantitative estimate of drug-likeness (QED) is 0.827. The van der Waals surface area contributed by atoms with E-state index >= 15 is 0 Å². The molecule has 0 unspecified atom stereocenters. The van der Waals surface area contributed by atoms with Crippen molar-refractivity contribution in [1.29, 1.82) is 0 Å². The number of benzene rings is 1. The lowest BCUT2D eigenvalue weighted by Crippen LogP contribution is -2.52. The fourth-order valence-corrected chi connectivity index (χ4v) is 2.21. The first-order valence-electron chi connectivity index (χ1n) is 6.05. The molecule has 1 aliphatic rings. The molecule has 2 N–H and O–H groups in total. The highest BCUT2D eigenvalue weighted by atomic mass is 15.2. The summed E-state index contributed by atoms with van der Waals surface area (Å²) >= 11 is 0. The van der Waals surface area contributed by atoms with Gasteiger partial charge in [0.2, 0.25) is 0 Å². The van der Waals surface area contributed by atoms with Gasteiger partial charge >= 0.3 is 0 Å². The van der Waals surface area contributed by atoms with Crippen molar-refractivity contribution in [3.8, 4) is 0 Å². The third-order valence-electron chi connectivity index (χ3n) is 3.66. The van der Waals surface area contributed by atoms with Crippen LogP contribution in [-0.2, 0) is 6.54 Å². The van der Waals surface area contributed by atoms with Crippen molar-refractivity contribution in [2.45, 2.75) is 27.3 Å². The normalized spacial score (nSPS) is 17.4. The second-order valence-electron chi connectivity index (χ2n) is 5.80. The molecule has 0 bridgehead atoms. The molecule has 1 saturated heterocycles. The molecule has 0 atom stereocenters. The highest BCUT2D eigenvalue weighted by molar-refractivity contribution is 5.55. The summed E-state index contributed by atoms with van der Waals surface area (Å²) in [5, 5.41) is 0. The zero-order valence-electron chi connectivity index (χ0n) is 10.5. The van der Waals surface area contributed by atoms with Gasteiger partial charge in [0.05, 0.1) is 0 Å². The van der Waals surface area contributed by atoms with Crippen molar-refractivity contribution >= 4 is 5.69 Å². The highest BCUT2D eigenvalue weighted by Gasteiger charge is 2.36. The minimum absolute atomic E-state index is 0.425.